The molecule has 0 saturated carbocycles. The lowest BCUT2D eigenvalue weighted by atomic mass is 9.89. The van der Waals surface area contributed by atoms with Crippen molar-refractivity contribution in [2.75, 3.05) is 30.4 Å². The smallest absolute Gasteiger partial charge is 0.308 e. The number of benzene rings is 4. The van der Waals surface area contributed by atoms with Crippen LogP contribution in [0.3, 0.4) is 0 Å². The highest BCUT2D eigenvalue weighted by Gasteiger charge is 2.40. The third-order valence-corrected chi connectivity index (χ3v) is 8.48. The molecule has 2 amide bonds. The predicted molar refractivity (Wildman–Crippen MR) is 173 cm³/mol. The number of aryl methyl sites for hydroxylation is 1. The number of likely N-dealkylation sites (N-methyl/N-ethyl adjacent to an activating group) is 1. The summed E-state index contributed by atoms with van der Waals surface area (Å²) in [5.41, 5.74) is 6.23. The van der Waals surface area contributed by atoms with E-state index in [2.05, 4.69) is 23.3 Å². The van der Waals surface area contributed by atoms with E-state index in [1.54, 1.807) is 41.1 Å². The fourth-order valence-electron chi connectivity index (χ4n) is 5.90. The molecule has 2 N–H and O–H groups in total. The van der Waals surface area contributed by atoms with E-state index in [9.17, 15) is 19.5 Å². The first-order valence-electron chi connectivity index (χ1n) is 15.0. The molecular formula is C36H34N4O5. The van der Waals surface area contributed by atoms with E-state index in [0.29, 0.717) is 34.9 Å². The van der Waals surface area contributed by atoms with Crippen LogP contribution in [-0.4, -0.2) is 52.9 Å². The van der Waals surface area contributed by atoms with E-state index < -0.39 is 11.9 Å². The zero-order valence-corrected chi connectivity index (χ0v) is 25.1. The fraction of sp³-hybridized carbons (Fsp3) is 0.222. The molecule has 1 fully saturated rings. The van der Waals surface area contributed by atoms with Gasteiger partial charge in [0.15, 0.2) is 5.58 Å². The molecule has 6 rings (SSSR count). The number of amides is 2. The number of carbonyl (C=O) groups is 3. The first-order valence-corrected chi connectivity index (χ1v) is 15.0. The van der Waals surface area contributed by atoms with Gasteiger partial charge in [0.1, 0.15) is 5.52 Å². The lowest BCUT2D eigenvalue weighted by Gasteiger charge is -2.20. The number of oxazole rings is 1. The van der Waals surface area contributed by atoms with Gasteiger partial charge < -0.3 is 24.6 Å². The quantitative estimate of drug-likeness (QED) is 0.204. The van der Waals surface area contributed by atoms with Crippen molar-refractivity contribution in [1.82, 2.24) is 9.88 Å². The van der Waals surface area contributed by atoms with Gasteiger partial charge in [-0.2, -0.15) is 4.98 Å². The van der Waals surface area contributed by atoms with Crippen molar-refractivity contribution in [2.45, 2.75) is 25.7 Å². The molecular weight excluding hydrogens is 568 g/mol. The highest BCUT2D eigenvalue weighted by molar-refractivity contribution is 5.95. The Morgan fingerprint density at radius 2 is 1.69 bits per heavy atom. The Morgan fingerprint density at radius 1 is 0.956 bits per heavy atom. The number of aromatic nitrogens is 1. The topological polar surface area (TPSA) is 116 Å². The molecule has 1 aromatic heterocycles. The lowest BCUT2D eigenvalue weighted by molar-refractivity contribution is -0.141. The van der Waals surface area contributed by atoms with Crippen molar-refractivity contribution in [3.8, 4) is 0 Å². The number of carboxylic acids is 1. The number of fused-ring (bicyclic) bond motifs is 1. The van der Waals surface area contributed by atoms with E-state index >= 15 is 0 Å². The Morgan fingerprint density at radius 3 is 2.42 bits per heavy atom. The predicted octanol–water partition coefficient (Wildman–Crippen LogP) is 6.28. The van der Waals surface area contributed by atoms with Crippen LogP contribution in [0.1, 0.15) is 39.9 Å². The molecule has 0 spiro atoms. The summed E-state index contributed by atoms with van der Waals surface area (Å²) in [6.07, 6.45) is 1.04. The summed E-state index contributed by atoms with van der Waals surface area (Å²) in [5, 5.41) is 13.2. The third-order valence-electron chi connectivity index (χ3n) is 8.48. The fourth-order valence-corrected chi connectivity index (χ4v) is 5.90. The zero-order valence-electron chi connectivity index (χ0n) is 25.1. The van der Waals surface area contributed by atoms with Crippen LogP contribution in [0.15, 0.2) is 101 Å². The van der Waals surface area contributed by atoms with Crippen LogP contribution in [-0.2, 0) is 22.4 Å². The maximum atomic E-state index is 13.2. The largest absolute Gasteiger partial charge is 0.481 e. The van der Waals surface area contributed by atoms with Crippen molar-refractivity contribution >= 4 is 46.3 Å². The van der Waals surface area contributed by atoms with Gasteiger partial charge in [-0.25, -0.2) is 0 Å². The van der Waals surface area contributed by atoms with E-state index in [0.717, 1.165) is 28.8 Å². The van der Waals surface area contributed by atoms with Gasteiger partial charge >= 0.3 is 5.97 Å². The molecule has 9 heteroatoms. The summed E-state index contributed by atoms with van der Waals surface area (Å²) in [5.74, 6) is -2.29. The van der Waals surface area contributed by atoms with Crippen molar-refractivity contribution in [3.05, 3.63) is 119 Å². The third kappa shape index (κ3) is 6.28. The number of aliphatic carboxylic acids is 1. The molecule has 0 aliphatic carbocycles. The molecule has 4 aromatic carbocycles. The second-order valence-corrected chi connectivity index (χ2v) is 11.3. The second kappa shape index (κ2) is 12.7. The molecule has 0 radical (unpaired) electrons. The monoisotopic (exact) mass is 602 g/mol. The van der Waals surface area contributed by atoms with E-state index in [1.807, 2.05) is 66.7 Å². The van der Waals surface area contributed by atoms with Gasteiger partial charge in [-0.1, -0.05) is 61.5 Å². The SMILES string of the molecule is CCc1ccccc1Nc1nc2ccc(CC(=O)N(C)c3ccc(C4CN(C(=O)c5ccccc5)CC4C(=O)O)cc3)cc2o1. The van der Waals surface area contributed by atoms with Gasteiger partial charge in [0.2, 0.25) is 5.91 Å². The summed E-state index contributed by atoms with van der Waals surface area (Å²) >= 11 is 0. The average Bonchev–Trinajstić information content (AvgIpc) is 3.69. The molecule has 2 atom stereocenters. The molecule has 1 aliphatic heterocycles. The number of anilines is 3. The number of para-hydroxylation sites is 1. The number of carbonyl (C=O) groups excluding carboxylic acids is 2. The number of likely N-dealkylation sites (tertiary alicyclic amines) is 1. The lowest BCUT2D eigenvalue weighted by Crippen LogP contribution is -2.29. The summed E-state index contributed by atoms with van der Waals surface area (Å²) < 4.78 is 5.96. The second-order valence-electron chi connectivity index (χ2n) is 11.3. The van der Waals surface area contributed by atoms with Gasteiger partial charge in [0.05, 0.1) is 12.3 Å². The van der Waals surface area contributed by atoms with Crippen LogP contribution in [0.5, 0.6) is 0 Å². The van der Waals surface area contributed by atoms with Crippen LogP contribution in [0.25, 0.3) is 11.1 Å². The summed E-state index contributed by atoms with van der Waals surface area (Å²) in [7, 11) is 1.72. The average molecular weight is 603 g/mol. The van der Waals surface area contributed by atoms with Crippen LogP contribution >= 0.6 is 0 Å². The summed E-state index contributed by atoms with van der Waals surface area (Å²) in [6.45, 7) is 2.55. The number of hydrogen-bond acceptors (Lipinski definition) is 6. The van der Waals surface area contributed by atoms with Crippen molar-refractivity contribution < 1.29 is 23.9 Å². The number of nitrogens with one attached hydrogen (secondary N) is 1. The molecule has 9 nitrogen and oxygen atoms in total. The molecule has 228 valence electrons. The minimum atomic E-state index is -0.933. The van der Waals surface area contributed by atoms with Gasteiger partial charge in [-0.3, -0.25) is 14.4 Å². The van der Waals surface area contributed by atoms with Crippen LogP contribution < -0.4 is 10.2 Å². The minimum Gasteiger partial charge on any atom is -0.481 e. The number of nitrogens with zero attached hydrogens (tertiary/aromatic N) is 3. The molecule has 0 bridgehead atoms. The molecule has 2 unspecified atom stereocenters. The number of rotatable bonds is 9. The van der Waals surface area contributed by atoms with Crippen molar-refractivity contribution in [3.63, 3.8) is 0 Å². The van der Waals surface area contributed by atoms with E-state index in [-0.39, 0.29) is 30.7 Å². The molecule has 1 saturated heterocycles. The highest BCUT2D eigenvalue weighted by atomic mass is 16.4. The Bertz CT molecular complexity index is 1850. The first kappa shape index (κ1) is 29.6. The Labute approximate surface area is 261 Å². The normalized spacial score (nSPS) is 16.1. The molecule has 5 aromatic rings. The van der Waals surface area contributed by atoms with Crippen molar-refractivity contribution in [1.29, 1.82) is 0 Å². The number of hydrogen-bond donors (Lipinski definition) is 2. The zero-order chi connectivity index (χ0) is 31.5. The van der Waals surface area contributed by atoms with Gasteiger partial charge in [-0.15, -0.1) is 0 Å². The summed E-state index contributed by atoms with van der Waals surface area (Å²) in [4.78, 5) is 46.1. The standard InChI is InChI=1S/C36H34N4O5/c1-3-24-9-7-8-12-30(24)37-36-38-31-18-13-23(19-32(31)45-36)20-33(41)39(2)27-16-14-25(15-17-27)28-21-40(22-29(28)35(43)44)34(42)26-10-5-4-6-11-26/h4-19,28-29H,3,20-22H2,1-2H3,(H,37,38)(H,43,44). The maximum absolute atomic E-state index is 13.2. The first-order chi connectivity index (χ1) is 21.8. The summed E-state index contributed by atoms with van der Waals surface area (Å²) in [6, 6.07) is 30.2. The Balaban J connectivity index is 1.12. The molecule has 1 aliphatic rings. The Kier molecular flexibility index (Phi) is 8.33. The van der Waals surface area contributed by atoms with Gasteiger partial charge in [0, 0.05) is 43.0 Å². The van der Waals surface area contributed by atoms with Gasteiger partial charge in [0.25, 0.3) is 11.9 Å². The van der Waals surface area contributed by atoms with Gasteiger partial charge in [-0.05, 0) is 65.6 Å². The van der Waals surface area contributed by atoms with Crippen LogP contribution in [0.2, 0.25) is 0 Å². The molecule has 45 heavy (non-hydrogen) atoms. The van der Waals surface area contributed by atoms with Crippen LogP contribution in [0.4, 0.5) is 17.4 Å². The van der Waals surface area contributed by atoms with E-state index in [1.165, 1.54) is 0 Å². The minimum absolute atomic E-state index is 0.110. The molecule has 2 heterocycles. The highest BCUT2D eigenvalue weighted by Crippen LogP contribution is 2.35. The van der Waals surface area contributed by atoms with Crippen molar-refractivity contribution in [2.24, 2.45) is 5.92 Å². The number of carboxylic acid groups (broad SMARTS) is 1. The Hall–Kier alpha value is -5.44. The maximum Gasteiger partial charge on any atom is 0.308 e. The van der Waals surface area contributed by atoms with Crippen LogP contribution in [0, 0.1) is 5.92 Å². The van der Waals surface area contributed by atoms with E-state index in [4.69, 9.17) is 4.42 Å².